The smallest absolute Gasteiger partial charge is 0.409 e. The van der Waals surface area contributed by atoms with Crippen LogP contribution in [0.1, 0.15) is 63.9 Å². The molecule has 0 aromatic heterocycles. The summed E-state index contributed by atoms with van der Waals surface area (Å²) in [5, 5.41) is 0. The highest BCUT2D eigenvalue weighted by atomic mass is 16.6. The number of esters is 2. The fourth-order valence-electron chi connectivity index (χ4n) is 2.78. The second-order valence-electron chi connectivity index (χ2n) is 7.53. The van der Waals surface area contributed by atoms with Gasteiger partial charge in [0, 0.05) is 0 Å². The summed E-state index contributed by atoms with van der Waals surface area (Å²) in [7, 11) is 2.12. The van der Waals surface area contributed by atoms with Crippen LogP contribution in [0.25, 0.3) is 0 Å². The fraction of sp³-hybridized carbons (Fsp3) is 0.520. The van der Waals surface area contributed by atoms with Crippen molar-refractivity contribution in [3.05, 3.63) is 41.7 Å². The molecule has 0 spiro atoms. The highest BCUT2D eigenvalue weighted by Crippen LogP contribution is 2.14. The van der Waals surface area contributed by atoms with Crippen LogP contribution in [-0.4, -0.2) is 45.0 Å². The average Bonchev–Trinajstić information content (AvgIpc) is 2.87. The minimum atomic E-state index is -1.16. The zero-order valence-electron chi connectivity index (χ0n) is 21.3. The Kier molecular flexibility index (Phi) is 18.4. The van der Waals surface area contributed by atoms with E-state index in [0.29, 0.717) is 6.26 Å². The lowest BCUT2D eigenvalue weighted by Gasteiger charge is -2.07. The van der Waals surface area contributed by atoms with E-state index in [4.69, 9.17) is 15.2 Å². The number of methoxy groups -OCH3 is 2. The lowest BCUT2D eigenvalue weighted by molar-refractivity contribution is -0.144. The molecule has 0 saturated heterocycles. The predicted octanol–water partition coefficient (Wildman–Crippen LogP) is 4.11. The molecule has 11 heteroatoms. The lowest BCUT2D eigenvalue weighted by atomic mass is 10.1. The van der Waals surface area contributed by atoms with E-state index in [1.165, 1.54) is 44.9 Å². The molecule has 11 nitrogen and oxygen atoms in total. The first-order chi connectivity index (χ1) is 17.2. The van der Waals surface area contributed by atoms with Crippen LogP contribution in [0.5, 0.6) is 5.75 Å². The Morgan fingerprint density at radius 2 is 1.31 bits per heavy atom. The van der Waals surface area contributed by atoms with E-state index in [0.717, 1.165) is 38.6 Å². The maximum atomic E-state index is 10.9. The van der Waals surface area contributed by atoms with E-state index in [-0.39, 0.29) is 6.61 Å². The van der Waals surface area contributed by atoms with Crippen LogP contribution in [0, 0.1) is 0 Å². The van der Waals surface area contributed by atoms with Gasteiger partial charge in [-0.15, -0.1) is 0 Å². The van der Waals surface area contributed by atoms with Gasteiger partial charge in [-0.2, -0.15) is 0 Å². The predicted molar refractivity (Wildman–Crippen MR) is 132 cm³/mol. The maximum Gasteiger partial charge on any atom is 0.409 e. The molecule has 0 heterocycles. The Hall–Kier alpha value is -3.76. The number of rotatable bonds is 15. The largest absolute Gasteiger partial charge is 0.494 e. The molecule has 0 fully saturated rings. The lowest BCUT2D eigenvalue weighted by Crippen LogP contribution is -2.18. The SMILES string of the molecule is CCCCCCCCCCOc1ccc(COC(N)=O)cc1.COC(=O)C(=COC(N)=O)C(=O)OC. The fourth-order valence-corrected chi connectivity index (χ4v) is 2.78. The minimum Gasteiger partial charge on any atom is -0.494 e. The zero-order valence-corrected chi connectivity index (χ0v) is 21.3. The van der Waals surface area contributed by atoms with Gasteiger partial charge in [-0.1, -0.05) is 64.0 Å². The molecule has 1 aromatic carbocycles. The van der Waals surface area contributed by atoms with Gasteiger partial charge in [0.2, 0.25) is 0 Å². The van der Waals surface area contributed by atoms with E-state index >= 15 is 0 Å². The second-order valence-corrected chi connectivity index (χ2v) is 7.53. The molecular formula is C25H38N2O9. The van der Waals surface area contributed by atoms with Crippen LogP contribution in [-0.2, 0) is 35.1 Å². The summed E-state index contributed by atoms with van der Waals surface area (Å²) in [5.41, 5.74) is 9.88. The van der Waals surface area contributed by atoms with Crippen molar-refractivity contribution in [2.45, 2.75) is 64.9 Å². The van der Waals surface area contributed by atoms with Gasteiger partial charge in [-0.3, -0.25) is 0 Å². The van der Waals surface area contributed by atoms with Gasteiger partial charge in [-0.25, -0.2) is 19.2 Å². The summed E-state index contributed by atoms with van der Waals surface area (Å²) >= 11 is 0. The summed E-state index contributed by atoms with van der Waals surface area (Å²) in [6.07, 6.45) is 9.04. The van der Waals surface area contributed by atoms with E-state index in [1.54, 1.807) is 0 Å². The molecular weight excluding hydrogens is 472 g/mol. The Morgan fingerprint density at radius 1 is 0.778 bits per heavy atom. The molecule has 0 saturated carbocycles. The Balaban J connectivity index is 0.000000757. The molecule has 0 aliphatic heterocycles. The maximum absolute atomic E-state index is 10.9. The van der Waals surface area contributed by atoms with Gasteiger partial charge >= 0.3 is 24.1 Å². The number of amides is 2. The number of unbranched alkanes of at least 4 members (excludes halogenated alkanes) is 7. The van der Waals surface area contributed by atoms with Crippen LogP contribution in [0.4, 0.5) is 9.59 Å². The normalized spacial score (nSPS) is 9.64. The molecule has 4 N–H and O–H groups in total. The van der Waals surface area contributed by atoms with Crippen molar-refractivity contribution in [2.24, 2.45) is 11.5 Å². The van der Waals surface area contributed by atoms with Crippen LogP contribution in [0.3, 0.4) is 0 Å². The molecule has 0 bridgehead atoms. The van der Waals surface area contributed by atoms with Crippen molar-refractivity contribution in [3.8, 4) is 5.75 Å². The van der Waals surface area contributed by atoms with Crippen LogP contribution >= 0.6 is 0 Å². The third-order valence-corrected chi connectivity index (χ3v) is 4.67. The first kappa shape index (κ1) is 32.2. The minimum absolute atomic E-state index is 0.202. The van der Waals surface area contributed by atoms with Crippen LogP contribution in [0.15, 0.2) is 36.1 Å². The number of primary amides is 2. The topological polar surface area (TPSA) is 166 Å². The van der Waals surface area contributed by atoms with Crippen molar-refractivity contribution in [2.75, 3.05) is 20.8 Å². The number of ether oxygens (including phenoxy) is 5. The van der Waals surface area contributed by atoms with Gasteiger partial charge in [0.25, 0.3) is 0 Å². The summed E-state index contributed by atoms with van der Waals surface area (Å²) in [6.45, 7) is 3.20. The third kappa shape index (κ3) is 16.8. The standard InChI is InChI=1S/C18H29NO3.C7H9NO6/c1-2-3-4-5-6-7-8-9-14-21-17-12-10-16(11-13-17)15-22-18(19)20;1-12-5(9)4(6(10)13-2)3-14-7(8)11/h10-13H,2-9,14-15H2,1H3,(H2,19,20);3H,1-2H3,(H2,8,11). The van der Waals surface area contributed by atoms with Gasteiger partial charge in [0.1, 0.15) is 18.6 Å². The molecule has 36 heavy (non-hydrogen) atoms. The van der Waals surface area contributed by atoms with E-state index < -0.39 is 29.7 Å². The first-order valence-corrected chi connectivity index (χ1v) is 11.7. The monoisotopic (exact) mass is 510 g/mol. The molecule has 0 aliphatic carbocycles. The molecule has 0 aliphatic rings. The average molecular weight is 511 g/mol. The highest BCUT2D eigenvalue weighted by molar-refractivity contribution is 6.13. The summed E-state index contributed by atoms with van der Waals surface area (Å²) in [6, 6.07) is 7.55. The zero-order chi connectivity index (χ0) is 27.2. The molecule has 1 aromatic rings. The van der Waals surface area contributed by atoms with Crippen molar-refractivity contribution in [3.63, 3.8) is 0 Å². The molecule has 0 radical (unpaired) electrons. The molecule has 0 unspecified atom stereocenters. The number of carbonyl (C=O) groups is 4. The Labute approximate surface area is 212 Å². The number of carbonyl (C=O) groups excluding carboxylic acids is 4. The van der Waals surface area contributed by atoms with Gasteiger partial charge in [-0.05, 0) is 24.1 Å². The molecule has 202 valence electrons. The van der Waals surface area contributed by atoms with Crippen LogP contribution < -0.4 is 16.2 Å². The molecule has 0 atom stereocenters. The van der Waals surface area contributed by atoms with Gasteiger partial charge < -0.3 is 35.2 Å². The highest BCUT2D eigenvalue weighted by Gasteiger charge is 2.20. The van der Waals surface area contributed by atoms with Crippen molar-refractivity contribution in [1.29, 1.82) is 0 Å². The van der Waals surface area contributed by atoms with Crippen molar-refractivity contribution < 1.29 is 42.9 Å². The van der Waals surface area contributed by atoms with Crippen LogP contribution in [0.2, 0.25) is 0 Å². The molecule has 1 rings (SSSR count). The second kappa shape index (κ2) is 20.6. The third-order valence-electron chi connectivity index (χ3n) is 4.67. The van der Waals surface area contributed by atoms with Gasteiger partial charge in [0.15, 0.2) is 5.57 Å². The van der Waals surface area contributed by atoms with Gasteiger partial charge in [0.05, 0.1) is 20.8 Å². The number of nitrogens with two attached hydrogens (primary N) is 2. The summed E-state index contributed by atoms with van der Waals surface area (Å²) in [5.74, 6) is -1.12. The number of hydrogen-bond donors (Lipinski definition) is 2. The Bertz CT molecular complexity index is 805. The summed E-state index contributed by atoms with van der Waals surface area (Å²) < 4.78 is 23.0. The first-order valence-electron chi connectivity index (χ1n) is 11.7. The number of benzene rings is 1. The van der Waals surface area contributed by atoms with E-state index in [9.17, 15) is 19.2 Å². The quantitative estimate of drug-likeness (QED) is 0.0671. The van der Waals surface area contributed by atoms with Crippen molar-refractivity contribution in [1.82, 2.24) is 0 Å². The van der Waals surface area contributed by atoms with E-state index in [1.807, 2.05) is 24.3 Å². The number of hydrogen-bond acceptors (Lipinski definition) is 9. The molecule has 2 amide bonds. The van der Waals surface area contributed by atoms with Crippen molar-refractivity contribution >= 4 is 24.1 Å². The van der Waals surface area contributed by atoms with E-state index in [2.05, 4.69) is 26.9 Å². The summed E-state index contributed by atoms with van der Waals surface area (Å²) in [4.78, 5) is 42.5. The Morgan fingerprint density at radius 3 is 1.78 bits per heavy atom.